The molecule has 0 aliphatic carbocycles. The summed E-state index contributed by atoms with van der Waals surface area (Å²) in [6.45, 7) is 3.07. The van der Waals surface area contributed by atoms with E-state index in [4.69, 9.17) is 11.6 Å². The summed E-state index contributed by atoms with van der Waals surface area (Å²) in [4.78, 5) is 44.6. The predicted molar refractivity (Wildman–Crippen MR) is 122 cm³/mol. The number of imide groups is 1. The molecule has 0 spiro atoms. The lowest BCUT2D eigenvalue weighted by atomic mass is 9.75. The summed E-state index contributed by atoms with van der Waals surface area (Å²) in [5.74, 6) is -0.879. The van der Waals surface area contributed by atoms with E-state index in [0.29, 0.717) is 23.7 Å². The molecule has 1 aromatic carbocycles. The molecular weight excluding hydrogens is 430 g/mol. The lowest BCUT2D eigenvalue weighted by molar-refractivity contribution is -0.142. The van der Waals surface area contributed by atoms with Crippen LogP contribution in [0.2, 0.25) is 5.02 Å². The van der Waals surface area contributed by atoms with Gasteiger partial charge in [-0.2, -0.15) is 5.10 Å². The van der Waals surface area contributed by atoms with E-state index in [-0.39, 0.29) is 37.1 Å². The van der Waals surface area contributed by atoms with Gasteiger partial charge in [-0.05, 0) is 32.6 Å². The number of aryl methyl sites for hydroxylation is 2. The molecule has 2 heterocycles. The van der Waals surface area contributed by atoms with Crippen molar-refractivity contribution in [2.24, 2.45) is 7.05 Å². The minimum absolute atomic E-state index is 0.0749. The van der Waals surface area contributed by atoms with Crippen molar-refractivity contribution in [3.63, 3.8) is 0 Å². The van der Waals surface area contributed by atoms with E-state index in [1.807, 2.05) is 39.2 Å². The van der Waals surface area contributed by atoms with E-state index in [0.717, 1.165) is 11.3 Å². The Balaban J connectivity index is 1.91. The number of rotatable bonds is 8. The first-order chi connectivity index (χ1) is 15.0. The van der Waals surface area contributed by atoms with Gasteiger partial charge < -0.3 is 9.80 Å². The molecule has 1 fully saturated rings. The summed E-state index contributed by atoms with van der Waals surface area (Å²) in [5.41, 5.74) is 0.982. The number of benzene rings is 1. The minimum atomic E-state index is -1.31. The molecule has 32 heavy (non-hydrogen) atoms. The first-order valence-electron chi connectivity index (χ1n) is 10.5. The van der Waals surface area contributed by atoms with Gasteiger partial charge in [0, 0.05) is 63.4 Å². The fraction of sp³-hybridized carbons (Fsp3) is 0.478. The maximum atomic E-state index is 13.6. The van der Waals surface area contributed by atoms with Crippen molar-refractivity contribution < 1.29 is 14.4 Å². The molecule has 0 radical (unpaired) electrons. The molecule has 172 valence electrons. The van der Waals surface area contributed by atoms with Gasteiger partial charge in [-0.1, -0.05) is 29.8 Å². The van der Waals surface area contributed by atoms with Crippen LogP contribution in [0.3, 0.4) is 0 Å². The van der Waals surface area contributed by atoms with Crippen LogP contribution in [0, 0.1) is 6.92 Å². The third kappa shape index (κ3) is 4.71. The third-order valence-corrected chi connectivity index (χ3v) is 6.30. The molecule has 1 saturated heterocycles. The predicted octanol–water partition coefficient (Wildman–Crippen LogP) is 1.99. The second kappa shape index (κ2) is 9.42. The number of nitrogens with zero attached hydrogens (tertiary/aromatic N) is 5. The number of hydrogen-bond acceptors (Lipinski definition) is 5. The highest BCUT2D eigenvalue weighted by atomic mass is 35.5. The zero-order valence-corrected chi connectivity index (χ0v) is 20.0. The molecule has 8 nitrogen and oxygen atoms in total. The molecule has 0 saturated carbocycles. The second-order valence-electron chi connectivity index (χ2n) is 8.73. The Morgan fingerprint density at radius 3 is 2.50 bits per heavy atom. The Morgan fingerprint density at radius 2 is 1.91 bits per heavy atom. The van der Waals surface area contributed by atoms with E-state index in [1.54, 1.807) is 40.9 Å². The topological polar surface area (TPSA) is 78.8 Å². The number of hydrogen-bond donors (Lipinski definition) is 0. The molecule has 3 rings (SSSR count). The SMILES string of the molecule is Cc1nn(C)cc1CN(C)C(=O)C[C@]1(c2ccccc2Cl)CC(=O)N(CCN(C)C)C1=O. The Kier molecular flexibility index (Phi) is 7.05. The van der Waals surface area contributed by atoms with Gasteiger partial charge >= 0.3 is 0 Å². The summed E-state index contributed by atoms with van der Waals surface area (Å²) in [5, 5.41) is 4.69. The van der Waals surface area contributed by atoms with E-state index in [1.165, 1.54) is 4.90 Å². The van der Waals surface area contributed by atoms with Crippen molar-refractivity contribution >= 4 is 29.3 Å². The van der Waals surface area contributed by atoms with Crippen molar-refractivity contribution in [1.29, 1.82) is 0 Å². The molecule has 1 aliphatic rings. The molecule has 3 amide bonds. The van der Waals surface area contributed by atoms with Crippen LogP contribution in [-0.4, -0.2) is 76.4 Å². The summed E-state index contributed by atoms with van der Waals surface area (Å²) in [6, 6.07) is 6.97. The van der Waals surface area contributed by atoms with Crippen molar-refractivity contribution in [1.82, 2.24) is 24.5 Å². The van der Waals surface area contributed by atoms with Gasteiger partial charge in [0.1, 0.15) is 0 Å². The molecule has 1 aliphatic heterocycles. The highest BCUT2D eigenvalue weighted by Crippen LogP contribution is 2.43. The third-order valence-electron chi connectivity index (χ3n) is 5.97. The number of likely N-dealkylation sites (tertiary alicyclic amines) is 1. The molecule has 1 atom stereocenters. The van der Waals surface area contributed by atoms with Gasteiger partial charge in [0.25, 0.3) is 0 Å². The molecule has 2 aromatic rings. The van der Waals surface area contributed by atoms with Gasteiger partial charge in [0.15, 0.2) is 0 Å². The van der Waals surface area contributed by atoms with Crippen LogP contribution in [0.25, 0.3) is 0 Å². The van der Waals surface area contributed by atoms with Crippen LogP contribution in [0.5, 0.6) is 0 Å². The maximum absolute atomic E-state index is 13.6. The van der Waals surface area contributed by atoms with Crippen LogP contribution >= 0.6 is 11.6 Å². The first-order valence-corrected chi connectivity index (χ1v) is 10.9. The minimum Gasteiger partial charge on any atom is -0.341 e. The lowest BCUT2D eigenvalue weighted by Gasteiger charge is -2.30. The Morgan fingerprint density at radius 1 is 1.22 bits per heavy atom. The molecule has 9 heteroatoms. The van der Waals surface area contributed by atoms with Crippen molar-refractivity contribution in [3.05, 3.63) is 52.3 Å². The largest absolute Gasteiger partial charge is 0.341 e. The highest BCUT2D eigenvalue weighted by Gasteiger charge is 2.54. The van der Waals surface area contributed by atoms with Crippen molar-refractivity contribution in [3.8, 4) is 0 Å². The van der Waals surface area contributed by atoms with E-state index in [9.17, 15) is 14.4 Å². The number of aromatic nitrogens is 2. The molecular formula is C23H30ClN5O3. The van der Waals surface area contributed by atoms with E-state index < -0.39 is 5.41 Å². The van der Waals surface area contributed by atoms with Gasteiger partial charge in [-0.3, -0.25) is 24.0 Å². The van der Waals surface area contributed by atoms with Crippen LogP contribution in [0.4, 0.5) is 0 Å². The van der Waals surface area contributed by atoms with Crippen LogP contribution in [-0.2, 0) is 33.4 Å². The Labute approximate surface area is 193 Å². The van der Waals surface area contributed by atoms with Gasteiger partial charge in [-0.25, -0.2) is 0 Å². The Bertz CT molecular complexity index is 1030. The van der Waals surface area contributed by atoms with Gasteiger partial charge in [-0.15, -0.1) is 0 Å². The second-order valence-corrected chi connectivity index (χ2v) is 9.14. The zero-order chi connectivity index (χ0) is 23.6. The zero-order valence-electron chi connectivity index (χ0n) is 19.3. The van der Waals surface area contributed by atoms with Crippen LogP contribution in [0.15, 0.2) is 30.5 Å². The quantitative estimate of drug-likeness (QED) is 0.564. The fourth-order valence-electron chi connectivity index (χ4n) is 4.16. The number of carbonyl (C=O) groups is 3. The van der Waals surface area contributed by atoms with Crippen molar-refractivity contribution in [2.75, 3.05) is 34.2 Å². The van der Waals surface area contributed by atoms with Crippen LogP contribution in [0.1, 0.15) is 29.7 Å². The lowest BCUT2D eigenvalue weighted by Crippen LogP contribution is -2.44. The summed E-state index contributed by atoms with van der Waals surface area (Å²) >= 11 is 6.47. The maximum Gasteiger partial charge on any atom is 0.240 e. The summed E-state index contributed by atoms with van der Waals surface area (Å²) in [7, 11) is 7.28. The molecule has 1 aromatic heterocycles. The average molecular weight is 460 g/mol. The normalized spacial score (nSPS) is 18.7. The number of likely N-dealkylation sites (N-methyl/N-ethyl adjacent to an activating group) is 1. The standard InChI is InChI=1S/C23H30ClN5O3/c1-16-17(15-28(5)25-16)14-27(4)20(30)12-23(18-8-6-7-9-19(18)24)13-21(31)29(22(23)32)11-10-26(2)3/h6-9,15H,10-14H2,1-5H3/t23-/m1/s1. The summed E-state index contributed by atoms with van der Waals surface area (Å²) in [6.07, 6.45) is 1.67. The number of halogens is 1. The van der Waals surface area contributed by atoms with E-state index in [2.05, 4.69) is 5.10 Å². The Hall–Kier alpha value is -2.71. The number of amides is 3. The van der Waals surface area contributed by atoms with Gasteiger partial charge in [0.05, 0.1) is 11.1 Å². The summed E-state index contributed by atoms with van der Waals surface area (Å²) < 4.78 is 1.70. The molecule has 0 unspecified atom stereocenters. The molecule has 0 bridgehead atoms. The average Bonchev–Trinajstić information content (AvgIpc) is 3.15. The smallest absolute Gasteiger partial charge is 0.240 e. The fourth-order valence-corrected chi connectivity index (χ4v) is 4.48. The highest BCUT2D eigenvalue weighted by molar-refractivity contribution is 6.32. The van der Waals surface area contributed by atoms with Crippen molar-refractivity contribution in [2.45, 2.75) is 31.7 Å². The monoisotopic (exact) mass is 459 g/mol. The van der Waals surface area contributed by atoms with Crippen LogP contribution < -0.4 is 0 Å². The van der Waals surface area contributed by atoms with E-state index >= 15 is 0 Å². The molecule has 0 N–H and O–H groups in total. The van der Waals surface area contributed by atoms with Gasteiger partial charge in [0.2, 0.25) is 17.7 Å². The number of carbonyl (C=O) groups excluding carboxylic acids is 3. The first kappa shape index (κ1) is 23.9.